The van der Waals surface area contributed by atoms with Crippen molar-refractivity contribution in [3.8, 4) is 11.1 Å². The summed E-state index contributed by atoms with van der Waals surface area (Å²) in [5.74, 6) is -1.63. The first-order valence-corrected chi connectivity index (χ1v) is 10.3. The number of nitrogens with one attached hydrogen (secondary N) is 1. The molecule has 4 amide bonds. The third kappa shape index (κ3) is 6.06. The fourth-order valence-electron chi connectivity index (χ4n) is 3.48. The Hall–Kier alpha value is -3.95. The number of carbonyl (C=O) groups is 4. The van der Waals surface area contributed by atoms with Crippen molar-refractivity contribution in [1.29, 1.82) is 0 Å². The van der Waals surface area contributed by atoms with Gasteiger partial charge in [-0.3, -0.25) is 19.3 Å². The maximum Gasteiger partial charge on any atom is 0.414 e. The molecule has 0 bridgehead atoms. The summed E-state index contributed by atoms with van der Waals surface area (Å²) < 4.78 is 20.1. The Morgan fingerprint density at radius 1 is 1.18 bits per heavy atom. The zero-order valence-corrected chi connectivity index (χ0v) is 18.3. The van der Waals surface area contributed by atoms with E-state index in [4.69, 9.17) is 10.5 Å². The molecule has 1 aliphatic heterocycles. The minimum atomic E-state index is -0.604. The zero-order valence-electron chi connectivity index (χ0n) is 18.3. The van der Waals surface area contributed by atoms with Gasteiger partial charge in [-0.25, -0.2) is 9.18 Å². The van der Waals surface area contributed by atoms with Crippen LogP contribution in [0.3, 0.4) is 0 Å². The van der Waals surface area contributed by atoms with Crippen molar-refractivity contribution >= 4 is 29.5 Å². The van der Waals surface area contributed by atoms with Crippen molar-refractivity contribution < 1.29 is 28.3 Å². The molecule has 33 heavy (non-hydrogen) atoms. The van der Waals surface area contributed by atoms with Gasteiger partial charge in [-0.05, 0) is 29.3 Å². The van der Waals surface area contributed by atoms with E-state index in [0.29, 0.717) is 16.8 Å². The largest absolute Gasteiger partial charge is 0.442 e. The Balaban J connectivity index is 1.71. The van der Waals surface area contributed by atoms with Crippen LogP contribution in [0.2, 0.25) is 0 Å². The van der Waals surface area contributed by atoms with Crippen LogP contribution in [0.25, 0.3) is 11.1 Å². The number of cyclic esters (lactones) is 1. The lowest BCUT2D eigenvalue weighted by Gasteiger charge is -2.19. The number of hydrogen-bond acceptors (Lipinski definition) is 5. The molecule has 1 atom stereocenters. The lowest BCUT2D eigenvalue weighted by Crippen LogP contribution is -2.36. The Labute approximate surface area is 190 Å². The van der Waals surface area contributed by atoms with Crippen molar-refractivity contribution in [1.82, 2.24) is 10.2 Å². The van der Waals surface area contributed by atoms with E-state index in [1.54, 1.807) is 36.4 Å². The SMILES string of the molecule is CC(=O)NC[C@H]1CN(c2ccc(-c3ccc(CN(CC(N)=O)C(C)=O)cc3)c(F)c2)C(=O)O1. The number of primary amides is 1. The summed E-state index contributed by atoms with van der Waals surface area (Å²) in [5, 5.41) is 2.59. The molecule has 10 heteroatoms. The number of hydrogen-bond donors (Lipinski definition) is 2. The maximum atomic E-state index is 14.9. The van der Waals surface area contributed by atoms with Crippen LogP contribution in [0, 0.1) is 5.82 Å². The summed E-state index contributed by atoms with van der Waals surface area (Å²) in [5.41, 5.74) is 7.25. The molecule has 1 aliphatic rings. The van der Waals surface area contributed by atoms with E-state index in [1.807, 2.05) is 0 Å². The van der Waals surface area contributed by atoms with E-state index in [0.717, 1.165) is 5.56 Å². The molecule has 1 fully saturated rings. The minimum absolute atomic E-state index is 0.183. The predicted molar refractivity (Wildman–Crippen MR) is 118 cm³/mol. The van der Waals surface area contributed by atoms with Gasteiger partial charge in [0.2, 0.25) is 17.7 Å². The molecule has 1 heterocycles. The van der Waals surface area contributed by atoms with Gasteiger partial charge in [0.25, 0.3) is 0 Å². The number of amides is 4. The van der Waals surface area contributed by atoms with E-state index < -0.39 is 23.9 Å². The van der Waals surface area contributed by atoms with Crippen molar-refractivity contribution in [2.75, 3.05) is 24.5 Å². The second kappa shape index (κ2) is 10.1. The van der Waals surface area contributed by atoms with Gasteiger partial charge in [0.15, 0.2) is 0 Å². The molecule has 0 saturated carbocycles. The summed E-state index contributed by atoms with van der Waals surface area (Å²) in [7, 11) is 0. The van der Waals surface area contributed by atoms with Crippen molar-refractivity contribution in [3.63, 3.8) is 0 Å². The zero-order chi connectivity index (χ0) is 24.1. The highest BCUT2D eigenvalue weighted by Gasteiger charge is 2.32. The normalized spacial score (nSPS) is 15.2. The second-order valence-electron chi connectivity index (χ2n) is 7.76. The fraction of sp³-hybridized carbons (Fsp3) is 0.304. The number of benzene rings is 2. The quantitative estimate of drug-likeness (QED) is 0.627. The summed E-state index contributed by atoms with van der Waals surface area (Å²) in [6.07, 6.45) is -1.12. The lowest BCUT2D eigenvalue weighted by atomic mass is 10.0. The predicted octanol–water partition coefficient (Wildman–Crippen LogP) is 1.79. The minimum Gasteiger partial charge on any atom is -0.442 e. The van der Waals surface area contributed by atoms with Crippen LogP contribution in [0.15, 0.2) is 42.5 Å². The van der Waals surface area contributed by atoms with Crippen LogP contribution in [-0.4, -0.2) is 54.5 Å². The molecule has 3 N–H and O–H groups in total. The summed E-state index contributed by atoms with van der Waals surface area (Å²) in [4.78, 5) is 48.7. The molecule has 1 saturated heterocycles. The van der Waals surface area contributed by atoms with Crippen LogP contribution >= 0.6 is 0 Å². The Morgan fingerprint density at radius 2 is 1.88 bits per heavy atom. The lowest BCUT2D eigenvalue weighted by molar-refractivity contribution is -0.133. The van der Waals surface area contributed by atoms with Crippen LogP contribution in [0.4, 0.5) is 14.9 Å². The first kappa shape index (κ1) is 23.7. The highest BCUT2D eigenvalue weighted by Crippen LogP contribution is 2.29. The van der Waals surface area contributed by atoms with Crippen molar-refractivity contribution in [3.05, 3.63) is 53.8 Å². The molecule has 0 radical (unpaired) electrons. The third-order valence-corrected chi connectivity index (χ3v) is 5.15. The number of ether oxygens (including phenoxy) is 1. The van der Waals surface area contributed by atoms with Gasteiger partial charge in [-0.2, -0.15) is 0 Å². The highest BCUT2D eigenvalue weighted by atomic mass is 19.1. The number of carbonyl (C=O) groups excluding carboxylic acids is 4. The first-order valence-electron chi connectivity index (χ1n) is 10.3. The highest BCUT2D eigenvalue weighted by molar-refractivity contribution is 5.90. The average molecular weight is 456 g/mol. The number of nitrogens with zero attached hydrogens (tertiary/aromatic N) is 2. The van der Waals surface area contributed by atoms with Gasteiger partial charge in [-0.1, -0.05) is 24.3 Å². The average Bonchev–Trinajstić information content (AvgIpc) is 3.12. The van der Waals surface area contributed by atoms with E-state index in [-0.39, 0.29) is 38.0 Å². The van der Waals surface area contributed by atoms with Crippen molar-refractivity contribution in [2.24, 2.45) is 5.73 Å². The van der Waals surface area contributed by atoms with E-state index in [1.165, 1.54) is 29.7 Å². The summed E-state index contributed by atoms with van der Waals surface area (Å²) in [6, 6.07) is 11.4. The molecule has 2 aromatic rings. The Kier molecular flexibility index (Phi) is 7.27. The van der Waals surface area contributed by atoms with E-state index in [2.05, 4.69) is 5.32 Å². The fourth-order valence-corrected chi connectivity index (χ4v) is 3.48. The van der Waals surface area contributed by atoms with Crippen LogP contribution in [0.1, 0.15) is 19.4 Å². The molecule has 0 aliphatic carbocycles. The van der Waals surface area contributed by atoms with Gasteiger partial charge in [0, 0.05) is 26.0 Å². The Morgan fingerprint density at radius 3 is 2.45 bits per heavy atom. The first-order chi connectivity index (χ1) is 15.6. The van der Waals surface area contributed by atoms with Crippen LogP contribution < -0.4 is 16.0 Å². The molecule has 0 spiro atoms. The summed E-state index contributed by atoms with van der Waals surface area (Å²) >= 11 is 0. The topological polar surface area (TPSA) is 122 Å². The standard InChI is InChI=1S/C23H25FN4O5/c1-14(29)26-10-19-12-28(23(32)33-19)18-7-8-20(21(24)9-18)17-5-3-16(4-6-17)11-27(15(2)30)13-22(25)31/h3-9,19H,10-13H2,1-2H3,(H2,25,31)(H,26,29)/t19-/m0/s1. The molecule has 9 nitrogen and oxygen atoms in total. The maximum absolute atomic E-state index is 14.9. The van der Waals surface area contributed by atoms with Gasteiger partial charge in [0.1, 0.15) is 11.9 Å². The van der Waals surface area contributed by atoms with Gasteiger partial charge < -0.3 is 20.7 Å². The van der Waals surface area contributed by atoms with Crippen LogP contribution in [0.5, 0.6) is 0 Å². The molecule has 174 valence electrons. The summed E-state index contributed by atoms with van der Waals surface area (Å²) in [6.45, 7) is 3.13. The van der Waals surface area contributed by atoms with Crippen molar-refractivity contribution in [2.45, 2.75) is 26.5 Å². The van der Waals surface area contributed by atoms with Crippen LogP contribution in [-0.2, 0) is 25.7 Å². The van der Waals surface area contributed by atoms with Gasteiger partial charge >= 0.3 is 6.09 Å². The number of nitrogens with two attached hydrogens (primary N) is 1. The number of halogens is 1. The Bertz CT molecular complexity index is 1070. The molecular formula is C23H25FN4O5. The number of rotatable bonds is 8. The molecule has 2 aromatic carbocycles. The molecule has 3 rings (SSSR count). The van der Waals surface area contributed by atoms with E-state index in [9.17, 15) is 23.6 Å². The van der Waals surface area contributed by atoms with Gasteiger partial charge in [0.05, 0.1) is 25.3 Å². The number of anilines is 1. The third-order valence-electron chi connectivity index (χ3n) is 5.15. The smallest absolute Gasteiger partial charge is 0.414 e. The molecule has 0 unspecified atom stereocenters. The van der Waals surface area contributed by atoms with Gasteiger partial charge in [-0.15, -0.1) is 0 Å². The second-order valence-corrected chi connectivity index (χ2v) is 7.76. The molecular weight excluding hydrogens is 431 g/mol. The molecule has 0 aromatic heterocycles. The van der Waals surface area contributed by atoms with E-state index >= 15 is 0 Å². The monoisotopic (exact) mass is 456 g/mol.